The zero-order chi connectivity index (χ0) is 25.7. The van der Waals surface area contributed by atoms with Crippen molar-refractivity contribution >= 4 is 52.1 Å². The average molecular weight is 517 g/mol. The molecule has 2 aliphatic rings. The minimum atomic E-state index is -0.916. The number of anilines is 1. The molecule has 35 heavy (non-hydrogen) atoms. The van der Waals surface area contributed by atoms with Gasteiger partial charge in [0, 0.05) is 38.2 Å². The van der Waals surface area contributed by atoms with E-state index in [1.807, 2.05) is 0 Å². The minimum Gasteiger partial charge on any atom is -0.481 e. The molecule has 0 unspecified atom stereocenters. The van der Waals surface area contributed by atoms with Crippen molar-refractivity contribution in [3.63, 3.8) is 0 Å². The molecule has 8 nitrogen and oxygen atoms in total. The van der Waals surface area contributed by atoms with Crippen LogP contribution in [0.3, 0.4) is 0 Å². The molecule has 0 radical (unpaired) electrons. The Morgan fingerprint density at radius 1 is 1.26 bits per heavy atom. The van der Waals surface area contributed by atoms with Crippen LogP contribution in [-0.4, -0.2) is 50.4 Å². The van der Waals surface area contributed by atoms with Crippen LogP contribution in [0.15, 0.2) is 9.70 Å². The number of nitriles is 1. The third-order valence-corrected chi connectivity index (χ3v) is 7.96. The van der Waals surface area contributed by atoms with Crippen LogP contribution in [0.1, 0.15) is 69.1 Å². The molecule has 1 amide bonds. The van der Waals surface area contributed by atoms with Gasteiger partial charge >= 0.3 is 5.97 Å². The van der Waals surface area contributed by atoms with Gasteiger partial charge in [0.2, 0.25) is 0 Å². The quantitative estimate of drug-likeness (QED) is 0.386. The summed E-state index contributed by atoms with van der Waals surface area (Å²) in [4.78, 5) is 41.4. The summed E-state index contributed by atoms with van der Waals surface area (Å²) in [7, 11) is 0. The summed E-state index contributed by atoms with van der Waals surface area (Å²) in [6, 6.07) is 2.09. The molecule has 1 aromatic rings. The number of piperidine rings is 1. The van der Waals surface area contributed by atoms with Crippen LogP contribution >= 0.6 is 24.0 Å². The van der Waals surface area contributed by atoms with Crippen LogP contribution in [0.25, 0.3) is 6.08 Å². The Morgan fingerprint density at radius 3 is 2.54 bits per heavy atom. The van der Waals surface area contributed by atoms with Gasteiger partial charge in [-0.25, -0.2) is 0 Å². The van der Waals surface area contributed by atoms with Crippen LogP contribution in [0, 0.1) is 24.2 Å². The molecule has 1 N–H and O–H groups in total. The van der Waals surface area contributed by atoms with Gasteiger partial charge in [-0.1, -0.05) is 44.2 Å². The fourth-order valence-electron chi connectivity index (χ4n) is 4.44. The van der Waals surface area contributed by atoms with Crippen molar-refractivity contribution in [2.45, 2.75) is 65.8 Å². The lowest BCUT2D eigenvalue weighted by molar-refractivity contribution is -0.137. The molecule has 0 aromatic carbocycles. The molecule has 3 rings (SSSR count). The van der Waals surface area contributed by atoms with Crippen molar-refractivity contribution in [1.82, 2.24) is 9.47 Å². The number of rotatable bonds is 9. The van der Waals surface area contributed by atoms with Gasteiger partial charge in [-0.2, -0.15) is 5.26 Å². The smallest absolute Gasteiger partial charge is 0.303 e. The fraction of sp³-hybridized carbons (Fsp3) is 0.560. The highest BCUT2D eigenvalue weighted by Crippen LogP contribution is 2.37. The lowest BCUT2D eigenvalue weighted by Crippen LogP contribution is -2.39. The number of hydrogen-bond acceptors (Lipinski definition) is 7. The molecule has 0 spiro atoms. The van der Waals surface area contributed by atoms with Crippen molar-refractivity contribution in [1.29, 1.82) is 5.26 Å². The van der Waals surface area contributed by atoms with Crippen molar-refractivity contribution < 1.29 is 14.7 Å². The van der Waals surface area contributed by atoms with Gasteiger partial charge in [0.15, 0.2) is 0 Å². The summed E-state index contributed by atoms with van der Waals surface area (Å²) in [5.74, 6) is 0.184. The molecule has 1 aromatic heterocycles. The zero-order valence-corrected chi connectivity index (χ0v) is 22.1. The normalized spacial score (nSPS) is 17.9. The number of carboxylic acid groups (broad SMARTS) is 1. The maximum atomic E-state index is 13.3. The van der Waals surface area contributed by atoms with Crippen LogP contribution in [0.5, 0.6) is 0 Å². The predicted octanol–water partition coefficient (Wildman–Crippen LogP) is 4.13. The molecule has 0 bridgehead atoms. The number of aliphatic carboxylic acids is 1. The molecule has 3 heterocycles. The number of hydrogen-bond donors (Lipinski definition) is 1. The molecular weight excluding hydrogens is 484 g/mol. The van der Waals surface area contributed by atoms with Gasteiger partial charge in [0.1, 0.15) is 21.8 Å². The van der Waals surface area contributed by atoms with Gasteiger partial charge in [-0.3, -0.25) is 23.9 Å². The summed E-state index contributed by atoms with van der Waals surface area (Å²) < 4.78 is 2.10. The summed E-state index contributed by atoms with van der Waals surface area (Å²) in [5, 5.41) is 18.7. The number of amides is 1. The lowest BCUT2D eigenvalue weighted by atomic mass is 9.97. The maximum Gasteiger partial charge on any atom is 0.303 e. The Bertz CT molecular complexity index is 1140. The molecule has 2 fully saturated rings. The number of carboxylic acids is 1. The highest BCUT2D eigenvalue weighted by Gasteiger charge is 2.33. The van der Waals surface area contributed by atoms with Gasteiger partial charge in [0.05, 0.1) is 4.91 Å². The largest absolute Gasteiger partial charge is 0.481 e. The lowest BCUT2D eigenvalue weighted by Gasteiger charge is -2.35. The third-order valence-electron chi connectivity index (χ3n) is 6.59. The second-order valence-corrected chi connectivity index (χ2v) is 10.8. The SMILES string of the molecule is CCCCn1c(N2CCC(C)CC2)c(/C=C2/SC(=S)N(CCCC(=O)O)C2=O)c(C)c(C#N)c1=O. The number of aromatic nitrogens is 1. The van der Waals surface area contributed by atoms with Crippen molar-refractivity contribution in [2.75, 3.05) is 24.5 Å². The zero-order valence-electron chi connectivity index (χ0n) is 20.5. The molecule has 10 heteroatoms. The van der Waals surface area contributed by atoms with Gasteiger partial charge in [-0.15, -0.1) is 0 Å². The highest BCUT2D eigenvalue weighted by atomic mass is 32.2. The maximum absolute atomic E-state index is 13.3. The summed E-state index contributed by atoms with van der Waals surface area (Å²) in [6.45, 7) is 8.39. The highest BCUT2D eigenvalue weighted by molar-refractivity contribution is 8.26. The standard InChI is InChI=1S/C25H32N4O4S2/c1-4-5-10-28-22(27-12-8-16(2)9-13-27)18(17(3)19(15-26)23(28)32)14-20-24(33)29(25(34)35-20)11-6-7-21(30)31/h14,16H,4-13H2,1-3H3,(H,30,31)/b20-14+. The number of carbonyl (C=O) groups excluding carboxylic acids is 1. The number of thiocarbonyl (C=S) groups is 1. The first-order valence-electron chi connectivity index (χ1n) is 12.1. The van der Waals surface area contributed by atoms with E-state index < -0.39 is 5.97 Å². The van der Waals surface area contributed by atoms with Gasteiger partial charge < -0.3 is 10.0 Å². The van der Waals surface area contributed by atoms with E-state index in [2.05, 4.69) is 24.8 Å². The Morgan fingerprint density at radius 2 is 1.94 bits per heavy atom. The molecule has 2 aliphatic heterocycles. The van der Waals surface area contributed by atoms with E-state index in [-0.39, 0.29) is 30.0 Å². The first-order valence-corrected chi connectivity index (χ1v) is 13.3. The minimum absolute atomic E-state index is 0.0410. The van der Waals surface area contributed by atoms with Crippen LogP contribution < -0.4 is 10.5 Å². The molecule has 2 saturated heterocycles. The van der Waals surface area contributed by atoms with Gasteiger partial charge in [0.25, 0.3) is 11.5 Å². The van der Waals surface area contributed by atoms with E-state index in [4.69, 9.17) is 17.3 Å². The van der Waals surface area contributed by atoms with E-state index in [0.717, 1.165) is 44.6 Å². The molecule has 0 saturated carbocycles. The predicted molar refractivity (Wildman–Crippen MR) is 142 cm³/mol. The Labute approximate surface area is 215 Å². The molecule has 188 valence electrons. The van der Waals surface area contributed by atoms with Crippen LogP contribution in [0.4, 0.5) is 5.82 Å². The van der Waals surface area contributed by atoms with Crippen molar-refractivity contribution in [2.24, 2.45) is 5.92 Å². The first-order chi connectivity index (χ1) is 16.7. The average Bonchev–Trinajstić information content (AvgIpc) is 3.08. The Balaban J connectivity index is 2.11. The van der Waals surface area contributed by atoms with E-state index in [1.165, 1.54) is 16.7 Å². The van der Waals surface area contributed by atoms with Gasteiger partial charge in [-0.05, 0) is 50.2 Å². The molecule has 0 atom stereocenters. The first kappa shape index (κ1) is 27.0. The third kappa shape index (κ3) is 5.96. The topological polar surface area (TPSA) is 107 Å². The Kier molecular flexibility index (Phi) is 9.14. The van der Waals surface area contributed by atoms with Crippen molar-refractivity contribution in [3.8, 4) is 6.07 Å². The Hall–Kier alpha value is -2.64. The number of thioether (sulfide) groups is 1. The number of pyridine rings is 1. The van der Waals surface area contributed by atoms with E-state index >= 15 is 0 Å². The monoisotopic (exact) mass is 516 g/mol. The number of carbonyl (C=O) groups is 2. The van der Waals surface area contributed by atoms with Crippen LogP contribution in [0.2, 0.25) is 0 Å². The van der Waals surface area contributed by atoms with Crippen molar-refractivity contribution in [3.05, 3.63) is 31.9 Å². The number of unbranched alkanes of at least 4 members (excludes halogenated alkanes) is 1. The second-order valence-electron chi connectivity index (χ2n) is 9.16. The summed E-state index contributed by atoms with van der Waals surface area (Å²) in [5.41, 5.74) is 1.08. The van der Waals surface area contributed by atoms with E-state index in [0.29, 0.717) is 39.2 Å². The number of nitrogens with zero attached hydrogens (tertiary/aromatic N) is 4. The molecular formula is C25H32N4O4S2. The summed E-state index contributed by atoms with van der Waals surface area (Å²) >= 11 is 6.58. The fourth-order valence-corrected chi connectivity index (χ4v) is 5.73. The summed E-state index contributed by atoms with van der Waals surface area (Å²) in [6.07, 6.45) is 5.76. The van der Waals surface area contributed by atoms with E-state index in [1.54, 1.807) is 17.6 Å². The molecule has 0 aliphatic carbocycles. The van der Waals surface area contributed by atoms with Crippen LogP contribution in [-0.2, 0) is 16.1 Å². The van der Waals surface area contributed by atoms with E-state index in [9.17, 15) is 19.6 Å². The second kappa shape index (κ2) is 11.9.